The van der Waals surface area contributed by atoms with Gasteiger partial charge in [0.15, 0.2) is 0 Å². The highest BCUT2D eigenvalue weighted by Gasteiger charge is 2.23. The first kappa shape index (κ1) is 12.5. The summed E-state index contributed by atoms with van der Waals surface area (Å²) in [5, 5.41) is 0. The Balaban J connectivity index is 3.97. The number of hydrogen-bond donors (Lipinski definition) is 0. The van der Waals surface area contributed by atoms with E-state index in [1.807, 2.05) is 13.8 Å². The average molecular weight is 203 g/mol. The molecule has 0 spiro atoms. The zero-order chi connectivity index (χ0) is 10.2. The molecule has 0 aliphatic rings. The van der Waals surface area contributed by atoms with Crippen LogP contribution in [0.2, 0.25) is 0 Å². The third-order valence-corrected chi connectivity index (χ3v) is 2.72. The number of aliphatic imine (C=N–C) groups is 1. The second-order valence-corrected chi connectivity index (χ2v) is 4.25. The van der Waals surface area contributed by atoms with Gasteiger partial charge < -0.3 is 9.47 Å². The Morgan fingerprint density at radius 1 is 1.38 bits per heavy atom. The Morgan fingerprint density at radius 3 is 2.31 bits per heavy atom. The maximum absolute atomic E-state index is 9.84. The van der Waals surface area contributed by atoms with E-state index in [9.17, 15) is 4.79 Å². The molecule has 0 aliphatic carbocycles. The molecule has 0 unspecified atom stereocenters. The maximum atomic E-state index is 9.84. The highest BCUT2D eigenvalue weighted by molar-refractivity contribution is 6.13. The molecule has 0 rings (SSSR count). The quantitative estimate of drug-likeness (QED) is 0.249. The number of nitrogens with zero attached hydrogens (tertiary/aromatic N) is 1. The predicted molar refractivity (Wildman–Crippen MR) is 53.5 cm³/mol. The van der Waals surface area contributed by atoms with E-state index in [0.29, 0.717) is 26.2 Å². The normalized spacial score (nSPS) is 11.2. The minimum atomic E-state index is -0.482. The zero-order valence-electron chi connectivity index (χ0n) is 8.50. The van der Waals surface area contributed by atoms with Crippen LogP contribution in [0, 0.1) is 0 Å². The summed E-state index contributed by atoms with van der Waals surface area (Å²) in [6, 6.07) is 0. The molecule has 0 aromatic heterocycles. The molecule has 0 aliphatic heterocycles. The summed E-state index contributed by atoms with van der Waals surface area (Å²) < 4.78 is 10.9. The van der Waals surface area contributed by atoms with E-state index in [1.54, 1.807) is 0 Å². The largest absolute Gasteiger partial charge is 0.355 e. The van der Waals surface area contributed by atoms with Crippen LogP contribution in [0.15, 0.2) is 4.99 Å². The molecule has 0 radical (unpaired) electrons. The van der Waals surface area contributed by atoms with Crippen molar-refractivity contribution in [1.29, 1.82) is 0 Å². The Labute approximate surface area is 81.7 Å². The molecule has 5 heteroatoms. The Kier molecular flexibility index (Phi) is 6.71. The number of ether oxygens (including phenoxy) is 2. The van der Waals surface area contributed by atoms with Crippen molar-refractivity contribution in [3.8, 4) is 0 Å². The van der Waals surface area contributed by atoms with Gasteiger partial charge in [0.05, 0.1) is 16.8 Å². The summed E-state index contributed by atoms with van der Waals surface area (Å²) >= 11 is 0. The molecule has 0 bridgehead atoms. The van der Waals surface area contributed by atoms with Gasteiger partial charge in [-0.25, -0.2) is 9.79 Å². The number of carbonyl (C=O) groups excluding carboxylic acids is 1. The van der Waals surface area contributed by atoms with E-state index in [0.717, 1.165) is 10.2 Å². The molecule has 0 fully saturated rings. The van der Waals surface area contributed by atoms with Crippen molar-refractivity contribution in [2.24, 2.45) is 4.99 Å². The van der Waals surface area contributed by atoms with Crippen molar-refractivity contribution < 1.29 is 14.3 Å². The van der Waals surface area contributed by atoms with Gasteiger partial charge in [0, 0.05) is 19.6 Å². The molecule has 0 N–H and O–H groups in total. The van der Waals surface area contributed by atoms with Gasteiger partial charge >= 0.3 is 0 Å². The van der Waals surface area contributed by atoms with Gasteiger partial charge in [-0.15, -0.1) is 0 Å². The van der Waals surface area contributed by atoms with Crippen LogP contribution in [0.4, 0.5) is 0 Å². The van der Waals surface area contributed by atoms with Crippen LogP contribution < -0.4 is 0 Å². The van der Waals surface area contributed by atoms with Crippen LogP contribution in [0.3, 0.4) is 0 Å². The molecule has 0 aromatic carbocycles. The van der Waals surface area contributed by atoms with Crippen LogP contribution in [0.25, 0.3) is 0 Å². The van der Waals surface area contributed by atoms with Gasteiger partial charge in [-0.3, -0.25) is 0 Å². The van der Waals surface area contributed by atoms with Gasteiger partial charge in [0.25, 0.3) is 0 Å². The number of hydrogen-bond acceptors (Lipinski definition) is 4. The zero-order valence-corrected chi connectivity index (χ0v) is 10.5. The lowest BCUT2D eigenvalue weighted by molar-refractivity contribution is -0.175. The van der Waals surface area contributed by atoms with Crippen molar-refractivity contribution in [3.05, 3.63) is 0 Å². The highest BCUT2D eigenvalue weighted by Crippen LogP contribution is 2.13. The Hall–Kier alpha value is -0.483. The van der Waals surface area contributed by atoms with Crippen LogP contribution in [0.5, 0.6) is 0 Å². The Bertz CT molecular complexity index is 174. The molecular weight excluding hydrogens is 186 g/mol. The second-order valence-electron chi connectivity index (χ2n) is 2.72. The monoisotopic (exact) mass is 203 g/mol. The van der Waals surface area contributed by atoms with Gasteiger partial charge in [-0.05, 0) is 13.8 Å². The average Bonchev–Trinajstić information content (AvgIpc) is 2.05. The molecule has 0 aromatic rings. The van der Waals surface area contributed by atoms with E-state index >= 15 is 0 Å². The smallest absolute Gasteiger partial charge is 0.234 e. The summed E-state index contributed by atoms with van der Waals surface area (Å²) in [5.74, 6) is 0. The second kappa shape index (κ2) is 6.97. The molecule has 0 heterocycles. The molecule has 13 heavy (non-hydrogen) atoms. The van der Waals surface area contributed by atoms with E-state index in [-0.39, 0.29) is 0 Å². The fourth-order valence-corrected chi connectivity index (χ4v) is 1.90. The first-order chi connectivity index (χ1) is 6.18. The van der Waals surface area contributed by atoms with Gasteiger partial charge in [-0.2, -0.15) is 0 Å². The molecule has 0 amide bonds. The summed E-state index contributed by atoms with van der Waals surface area (Å²) in [7, 11) is 0.770. The third-order valence-electron chi connectivity index (χ3n) is 1.64. The summed E-state index contributed by atoms with van der Waals surface area (Å²) in [6.45, 7) is 5.51. The lowest BCUT2D eigenvalue weighted by atomic mass is 10.4. The van der Waals surface area contributed by atoms with Crippen LogP contribution in [-0.2, 0) is 14.3 Å². The van der Waals surface area contributed by atoms with Crippen molar-refractivity contribution >= 4 is 16.3 Å². The molecule has 0 saturated heterocycles. The first-order valence-corrected chi connectivity index (χ1v) is 5.50. The molecular formula is C8H17NO3Si. The summed E-state index contributed by atoms with van der Waals surface area (Å²) in [6.07, 6.45) is 2.14. The SMILES string of the molecule is CCOC([SiH3])(CCN=C=O)OCC. The topological polar surface area (TPSA) is 47.9 Å². The van der Waals surface area contributed by atoms with E-state index < -0.39 is 5.41 Å². The Morgan fingerprint density at radius 2 is 1.92 bits per heavy atom. The molecule has 0 saturated carbocycles. The maximum Gasteiger partial charge on any atom is 0.234 e. The lowest BCUT2D eigenvalue weighted by Crippen LogP contribution is -2.37. The van der Waals surface area contributed by atoms with Crippen LogP contribution in [0.1, 0.15) is 20.3 Å². The van der Waals surface area contributed by atoms with Gasteiger partial charge in [-0.1, -0.05) is 0 Å². The van der Waals surface area contributed by atoms with Gasteiger partial charge in [0.1, 0.15) is 5.41 Å². The van der Waals surface area contributed by atoms with Crippen molar-refractivity contribution in [2.45, 2.75) is 25.7 Å². The fraction of sp³-hybridized carbons (Fsp3) is 0.875. The first-order valence-electron chi connectivity index (χ1n) is 4.50. The van der Waals surface area contributed by atoms with E-state index in [1.165, 1.54) is 6.08 Å². The lowest BCUT2D eigenvalue weighted by Gasteiger charge is -2.28. The molecule has 76 valence electrons. The van der Waals surface area contributed by atoms with Crippen LogP contribution >= 0.6 is 0 Å². The van der Waals surface area contributed by atoms with Crippen LogP contribution in [-0.4, -0.2) is 41.5 Å². The standard InChI is InChI=1S/C8H17NO3Si/c1-3-11-8(13,12-4-2)5-6-9-7-10/h3-6H2,1-2,13H3. The van der Waals surface area contributed by atoms with E-state index in [4.69, 9.17) is 9.47 Å². The number of isocyanates is 1. The van der Waals surface area contributed by atoms with Gasteiger partial charge in [0.2, 0.25) is 6.08 Å². The number of rotatable bonds is 7. The summed E-state index contributed by atoms with van der Waals surface area (Å²) in [4.78, 5) is 13.3. The van der Waals surface area contributed by atoms with Crippen molar-refractivity contribution in [3.63, 3.8) is 0 Å². The predicted octanol–water partition coefficient (Wildman–Crippen LogP) is -0.196. The molecule has 4 nitrogen and oxygen atoms in total. The third kappa shape index (κ3) is 5.71. The molecule has 0 atom stereocenters. The fourth-order valence-electron chi connectivity index (χ4n) is 1.10. The van der Waals surface area contributed by atoms with E-state index in [2.05, 4.69) is 4.99 Å². The minimum absolute atomic E-state index is 0.424. The van der Waals surface area contributed by atoms with Crippen molar-refractivity contribution in [1.82, 2.24) is 0 Å². The van der Waals surface area contributed by atoms with Crippen molar-refractivity contribution in [2.75, 3.05) is 19.8 Å². The summed E-state index contributed by atoms with van der Waals surface area (Å²) in [5.41, 5.74) is -0.482. The minimum Gasteiger partial charge on any atom is -0.355 e. The highest BCUT2D eigenvalue weighted by atomic mass is 28.1.